The summed E-state index contributed by atoms with van der Waals surface area (Å²) in [6.45, 7) is 0.423. The molecule has 1 N–H and O–H groups in total. The zero-order valence-corrected chi connectivity index (χ0v) is 12.5. The van der Waals surface area contributed by atoms with E-state index in [0.29, 0.717) is 12.3 Å². The second kappa shape index (κ2) is 6.11. The summed E-state index contributed by atoms with van der Waals surface area (Å²) in [5, 5.41) is 2.39. The number of carbonyl (C=O) groups is 1. The van der Waals surface area contributed by atoms with Crippen molar-refractivity contribution in [3.63, 3.8) is 0 Å². The first-order valence-electron chi connectivity index (χ1n) is 5.53. The van der Waals surface area contributed by atoms with Crippen molar-refractivity contribution in [1.29, 1.82) is 0 Å². The quantitative estimate of drug-likeness (QED) is 0.915. The number of hydrogen-bond acceptors (Lipinski definition) is 5. The highest BCUT2D eigenvalue weighted by Gasteiger charge is 2.26. The maximum Gasteiger partial charge on any atom is 0.240 e. The summed E-state index contributed by atoms with van der Waals surface area (Å²) < 4.78 is 37.1. The lowest BCUT2D eigenvalue weighted by molar-refractivity contribution is -0.113. The zero-order valence-electron chi connectivity index (χ0n) is 10.1. The van der Waals surface area contributed by atoms with E-state index >= 15 is 0 Å². The predicted octanol–water partition coefficient (Wildman–Crippen LogP) is 1.94. The average molecular weight is 337 g/mol. The monoisotopic (exact) mass is 336 g/mol. The van der Waals surface area contributed by atoms with E-state index in [-0.39, 0.29) is 15.1 Å². The summed E-state index contributed by atoms with van der Waals surface area (Å²) in [5.74, 6) is -1.72. The molecule has 1 aliphatic heterocycles. The summed E-state index contributed by atoms with van der Waals surface area (Å²) in [4.78, 5) is 15.5. The molecular formula is C11H10ClFN2O3S2. The van der Waals surface area contributed by atoms with E-state index in [1.165, 1.54) is 12.1 Å². The number of nitrogens with one attached hydrogen (secondary N) is 1. The summed E-state index contributed by atoms with van der Waals surface area (Å²) in [6.07, 6.45) is 0. The minimum Gasteiger partial charge on any atom is -0.323 e. The highest BCUT2D eigenvalue weighted by Crippen LogP contribution is 2.20. The Labute approximate surface area is 124 Å². The molecule has 0 aliphatic carbocycles. The molecule has 0 saturated carbocycles. The van der Waals surface area contributed by atoms with Crippen LogP contribution in [-0.2, 0) is 14.6 Å². The molecule has 1 heterocycles. The first-order valence-corrected chi connectivity index (χ1v) is 8.55. The van der Waals surface area contributed by atoms with Crippen LogP contribution in [-0.4, -0.2) is 36.8 Å². The van der Waals surface area contributed by atoms with Gasteiger partial charge in [-0.2, -0.15) is 0 Å². The Morgan fingerprint density at radius 1 is 1.50 bits per heavy atom. The van der Waals surface area contributed by atoms with Gasteiger partial charge in [-0.1, -0.05) is 23.4 Å². The predicted molar refractivity (Wildman–Crippen MR) is 78.6 cm³/mol. The third kappa shape index (κ3) is 3.71. The van der Waals surface area contributed by atoms with E-state index in [2.05, 4.69) is 10.3 Å². The first-order chi connectivity index (χ1) is 9.38. The van der Waals surface area contributed by atoms with E-state index < -0.39 is 27.3 Å². The molecule has 0 aromatic heterocycles. The van der Waals surface area contributed by atoms with Crippen molar-refractivity contribution in [2.24, 2.45) is 4.99 Å². The molecular weight excluding hydrogens is 327 g/mol. The largest absolute Gasteiger partial charge is 0.323 e. The zero-order chi connectivity index (χ0) is 14.8. The molecule has 1 aromatic rings. The van der Waals surface area contributed by atoms with Crippen LogP contribution in [0.15, 0.2) is 23.2 Å². The van der Waals surface area contributed by atoms with E-state index in [9.17, 15) is 17.6 Å². The Morgan fingerprint density at radius 2 is 2.25 bits per heavy atom. The van der Waals surface area contributed by atoms with Crippen LogP contribution in [0.1, 0.15) is 0 Å². The van der Waals surface area contributed by atoms with Gasteiger partial charge in [0.15, 0.2) is 4.38 Å². The molecule has 0 spiro atoms. The lowest BCUT2D eigenvalue weighted by Gasteiger charge is -2.07. The number of aliphatic imine (C=N–C) groups is 1. The SMILES string of the molecule is O=C(CS(=O)(=O)C1=NCCS1)Nc1ccc(Cl)cc1F. The lowest BCUT2D eigenvalue weighted by Crippen LogP contribution is -2.26. The van der Waals surface area contributed by atoms with Crippen molar-refractivity contribution in [3.05, 3.63) is 29.0 Å². The summed E-state index contributed by atoms with van der Waals surface area (Å²) in [5.41, 5.74) is -0.115. The number of benzene rings is 1. The fraction of sp³-hybridized carbons (Fsp3) is 0.273. The Morgan fingerprint density at radius 3 is 2.85 bits per heavy atom. The smallest absolute Gasteiger partial charge is 0.240 e. The average Bonchev–Trinajstić information content (AvgIpc) is 2.86. The molecule has 1 aromatic carbocycles. The van der Waals surface area contributed by atoms with E-state index in [1.807, 2.05) is 0 Å². The molecule has 0 saturated heterocycles. The summed E-state index contributed by atoms with van der Waals surface area (Å²) >= 11 is 6.67. The molecule has 1 amide bonds. The van der Waals surface area contributed by atoms with Crippen LogP contribution in [0.4, 0.5) is 10.1 Å². The van der Waals surface area contributed by atoms with Crippen LogP contribution >= 0.6 is 23.4 Å². The van der Waals surface area contributed by atoms with Gasteiger partial charge >= 0.3 is 0 Å². The lowest BCUT2D eigenvalue weighted by atomic mass is 10.3. The van der Waals surface area contributed by atoms with Crippen LogP contribution in [0, 0.1) is 5.82 Å². The maximum absolute atomic E-state index is 13.5. The minimum atomic E-state index is -3.75. The summed E-state index contributed by atoms with van der Waals surface area (Å²) in [6, 6.07) is 3.69. The van der Waals surface area contributed by atoms with E-state index in [1.54, 1.807) is 0 Å². The Balaban J connectivity index is 2.06. The van der Waals surface area contributed by atoms with Crippen molar-refractivity contribution < 1.29 is 17.6 Å². The van der Waals surface area contributed by atoms with E-state index in [4.69, 9.17) is 11.6 Å². The Bertz CT molecular complexity index is 676. The number of thioether (sulfide) groups is 1. The Hall–Kier alpha value is -1.12. The van der Waals surface area contributed by atoms with Gasteiger partial charge < -0.3 is 5.32 Å². The van der Waals surface area contributed by atoms with Crippen LogP contribution in [0.25, 0.3) is 0 Å². The second-order valence-corrected chi connectivity index (χ2v) is 7.61. The van der Waals surface area contributed by atoms with Gasteiger partial charge in [0.1, 0.15) is 11.6 Å². The fourth-order valence-corrected chi connectivity index (χ4v) is 4.19. The summed E-state index contributed by atoms with van der Waals surface area (Å²) in [7, 11) is -3.75. The topological polar surface area (TPSA) is 75.6 Å². The third-order valence-electron chi connectivity index (χ3n) is 2.35. The van der Waals surface area contributed by atoms with Crippen LogP contribution < -0.4 is 5.32 Å². The molecule has 20 heavy (non-hydrogen) atoms. The molecule has 5 nitrogen and oxygen atoms in total. The van der Waals surface area contributed by atoms with Crippen molar-refractivity contribution in [1.82, 2.24) is 0 Å². The molecule has 0 atom stereocenters. The molecule has 0 fully saturated rings. The number of rotatable bonds is 3. The fourth-order valence-electron chi connectivity index (χ4n) is 1.52. The van der Waals surface area contributed by atoms with Crippen LogP contribution in [0.5, 0.6) is 0 Å². The molecule has 2 rings (SSSR count). The number of sulfone groups is 1. The highest BCUT2D eigenvalue weighted by molar-refractivity contribution is 8.35. The molecule has 0 unspecified atom stereocenters. The number of nitrogens with zero attached hydrogens (tertiary/aromatic N) is 1. The van der Waals surface area contributed by atoms with Crippen molar-refractivity contribution >= 4 is 49.2 Å². The Kier molecular flexibility index (Phi) is 4.66. The molecule has 108 valence electrons. The van der Waals surface area contributed by atoms with Gasteiger partial charge in [-0.05, 0) is 18.2 Å². The number of carbonyl (C=O) groups excluding carboxylic acids is 1. The minimum absolute atomic E-state index is 0.0378. The molecule has 0 radical (unpaired) electrons. The number of amides is 1. The van der Waals surface area contributed by atoms with Crippen molar-refractivity contribution in [2.75, 3.05) is 23.4 Å². The number of hydrogen-bond donors (Lipinski definition) is 1. The van der Waals surface area contributed by atoms with Gasteiger partial charge in [0.25, 0.3) is 0 Å². The first kappa shape index (κ1) is 15.3. The van der Waals surface area contributed by atoms with Crippen molar-refractivity contribution in [2.45, 2.75) is 0 Å². The van der Waals surface area contributed by atoms with Gasteiger partial charge in [0, 0.05) is 10.8 Å². The van der Waals surface area contributed by atoms with E-state index in [0.717, 1.165) is 17.8 Å². The number of halogens is 2. The normalized spacial score (nSPS) is 15.0. The van der Waals surface area contributed by atoms with Crippen LogP contribution in [0.3, 0.4) is 0 Å². The van der Waals surface area contributed by atoms with Gasteiger partial charge in [0.2, 0.25) is 15.7 Å². The molecule has 9 heteroatoms. The van der Waals surface area contributed by atoms with Crippen molar-refractivity contribution in [3.8, 4) is 0 Å². The van der Waals surface area contributed by atoms with Gasteiger partial charge in [-0.3, -0.25) is 9.79 Å². The number of anilines is 1. The molecule has 1 aliphatic rings. The van der Waals surface area contributed by atoms with Crippen LogP contribution in [0.2, 0.25) is 5.02 Å². The second-order valence-electron chi connectivity index (χ2n) is 3.93. The van der Waals surface area contributed by atoms with Gasteiger partial charge in [-0.25, -0.2) is 12.8 Å². The standard InChI is InChI=1S/C11H10ClFN2O3S2/c12-7-1-2-9(8(13)5-7)15-10(16)6-20(17,18)11-14-3-4-19-11/h1-2,5H,3-4,6H2,(H,15,16). The highest BCUT2D eigenvalue weighted by atomic mass is 35.5. The molecule has 0 bridgehead atoms. The maximum atomic E-state index is 13.5. The third-order valence-corrected chi connectivity index (χ3v) is 5.77. The van der Waals surface area contributed by atoms with Gasteiger partial charge in [-0.15, -0.1) is 0 Å². The van der Waals surface area contributed by atoms with Gasteiger partial charge in [0.05, 0.1) is 12.2 Å².